The van der Waals surface area contributed by atoms with Crippen molar-refractivity contribution in [3.8, 4) is 11.5 Å². The molecule has 0 amide bonds. The highest BCUT2D eigenvalue weighted by Gasteiger charge is 2.07. The van der Waals surface area contributed by atoms with Gasteiger partial charge in [-0.1, -0.05) is 29.8 Å². The summed E-state index contributed by atoms with van der Waals surface area (Å²) in [5, 5.41) is 8.80. The van der Waals surface area contributed by atoms with Crippen LogP contribution in [0.25, 0.3) is 6.08 Å². The fourth-order valence-electron chi connectivity index (χ4n) is 1.52. The predicted octanol–water partition coefficient (Wildman–Crippen LogP) is 4.37. The molecule has 0 aliphatic carbocycles. The Bertz CT molecular complexity index is 668. The number of halogens is 2. The maximum atomic E-state index is 13.5. The Hall–Kier alpha value is -2.33. The third kappa shape index (κ3) is 3.59. The summed E-state index contributed by atoms with van der Waals surface area (Å²) in [5.74, 6) is -1.17. The van der Waals surface area contributed by atoms with Crippen LogP contribution in [0.4, 0.5) is 4.39 Å². The van der Waals surface area contributed by atoms with Crippen molar-refractivity contribution in [1.82, 2.24) is 0 Å². The Morgan fingerprint density at radius 3 is 2.60 bits per heavy atom. The zero-order valence-corrected chi connectivity index (χ0v) is 11.0. The predicted molar refractivity (Wildman–Crippen MR) is 74.6 cm³/mol. The van der Waals surface area contributed by atoms with Crippen molar-refractivity contribution < 1.29 is 19.0 Å². The second kappa shape index (κ2) is 6.21. The normalized spacial score (nSPS) is 10.7. The minimum absolute atomic E-state index is 0.0724. The largest absolute Gasteiger partial charge is 0.478 e. The number of aliphatic carboxylic acids is 1. The molecule has 0 saturated heterocycles. The number of hydrogen-bond donors (Lipinski definition) is 1. The van der Waals surface area contributed by atoms with Gasteiger partial charge in [0, 0.05) is 6.08 Å². The van der Waals surface area contributed by atoms with E-state index in [4.69, 9.17) is 21.4 Å². The van der Waals surface area contributed by atoms with Gasteiger partial charge in [0.05, 0.1) is 5.02 Å². The number of benzene rings is 2. The van der Waals surface area contributed by atoms with Gasteiger partial charge in [-0.3, -0.25) is 0 Å². The first-order valence-electron chi connectivity index (χ1n) is 5.69. The van der Waals surface area contributed by atoms with Crippen molar-refractivity contribution >= 4 is 23.6 Å². The third-order valence-corrected chi connectivity index (χ3v) is 2.73. The van der Waals surface area contributed by atoms with Crippen LogP contribution in [0.1, 0.15) is 5.56 Å². The van der Waals surface area contributed by atoms with Crippen LogP contribution in [0, 0.1) is 5.82 Å². The van der Waals surface area contributed by atoms with E-state index in [1.807, 2.05) is 0 Å². The Morgan fingerprint density at radius 1 is 1.20 bits per heavy atom. The van der Waals surface area contributed by atoms with Gasteiger partial charge >= 0.3 is 5.97 Å². The van der Waals surface area contributed by atoms with Crippen LogP contribution in [-0.4, -0.2) is 11.1 Å². The Kier molecular flexibility index (Phi) is 4.38. The molecule has 3 nitrogen and oxygen atoms in total. The van der Waals surface area contributed by atoms with Crippen molar-refractivity contribution in [2.75, 3.05) is 0 Å². The molecule has 0 atom stereocenters. The number of carbonyl (C=O) groups is 1. The molecule has 2 rings (SSSR count). The summed E-state index contributed by atoms with van der Waals surface area (Å²) >= 11 is 6.02. The summed E-state index contributed by atoms with van der Waals surface area (Å²) in [6.07, 6.45) is 2.41. The molecule has 2 aromatic rings. The van der Waals surface area contributed by atoms with Crippen molar-refractivity contribution in [2.24, 2.45) is 0 Å². The van der Waals surface area contributed by atoms with Crippen LogP contribution >= 0.6 is 11.6 Å². The van der Waals surface area contributed by atoms with E-state index in [1.54, 1.807) is 24.3 Å². The van der Waals surface area contributed by atoms with E-state index < -0.39 is 11.8 Å². The lowest BCUT2D eigenvalue weighted by molar-refractivity contribution is -0.131. The highest BCUT2D eigenvalue weighted by Crippen LogP contribution is 2.31. The maximum absolute atomic E-state index is 13.5. The number of hydrogen-bond acceptors (Lipinski definition) is 2. The first-order chi connectivity index (χ1) is 9.56. The number of para-hydroxylation sites is 1. The fraction of sp³-hybridized carbons (Fsp3) is 0. The molecule has 0 saturated carbocycles. The zero-order valence-electron chi connectivity index (χ0n) is 10.2. The van der Waals surface area contributed by atoms with Gasteiger partial charge in [-0.15, -0.1) is 0 Å². The number of carboxylic acids is 1. The highest BCUT2D eigenvalue weighted by molar-refractivity contribution is 6.32. The first kappa shape index (κ1) is 14.1. The molecular weight excluding hydrogens is 283 g/mol. The zero-order chi connectivity index (χ0) is 14.5. The second-order valence-electron chi connectivity index (χ2n) is 3.89. The van der Waals surface area contributed by atoms with Crippen molar-refractivity contribution in [1.29, 1.82) is 0 Å². The quantitative estimate of drug-likeness (QED) is 0.851. The van der Waals surface area contributed by atoms with E-state index in [-0.39, 0.29) is 10.8 Å². The number of ether oxygens (including phenoxy) is 1. The van der Waals surface area contributed by atoms with E-state index in [9.17, 15) is 9.18 Å². The summed E-state index contributed by atoms with van der Waals surface area (Å²) in [6, 6.07) is 10.7. The van der Waals surface area contributed by atoms with E-state index in [1.165, 1.54) is 24.3 Å². The van der Waals surface area contributed by atoms with Crippen molar-refractivity contribution in [3.63, 3.8) is 0 Å². The molecule has 0 spiro atoms. The van der Waals surface area contributed by atoms with Gasteiger partial charge in [0.15, 0.2) is 11.6 Å². The molecule has 5 heteroatoms. The lowest BCUT2D eigenvalue weighted by Crippen LogP contribution is -1.89. The van der Waals surface area contributed by atoms with Crippen LogP contribution in [0.2, 0.25) is 5.02 Å². The molecule has 0 fully saturated rings. The molecular formula is C15H10ClFO3. The summed E-state index contributed by atoms with van der Waals surface area (Å²) in [7, 11) is 0. The fourth-order valence-corrected chi connectivity index (χ4v) is 1.74. The molecule has 20 heavy (non-hydrogen) atoms. The summed E-state index contributed by atoms with van der Waals surface area (Å²) in [4.78, 5) is 10.4. The Balaban J connectivity index is 2.22. The molecule has 1 N–H and O–H groups in total. The molecule has 0 aliphatic rings. The molecule has 102 valence electrons. The van der Waals surface area contributed by atoms with Gasteiger partial charge in [0.2, 0.25) is 0 Å². The van der Waals surface area contributed by atoms with Gasteiger partial charge in [-0.05, 0) is 35.9 Å². The first-order valence-corrected chi connectivity index (χ1v) is 6.07. The monoisotopic (exact) mass is 292 g/mol. The Labute approximate surface area is 119 Å². The molecule has 0 aliphatic heterocycles. The van der Waals surface area contributed by atoms with Gasteiger partial charge in [0.25, 0.3) is 0 Å². The number of carboxylic acid groups (broad SMARTS) is 1. The summed E-state index contributed by atoms with van der Waals surface area (Å²) in [5.41, 5.74) is 0.610. The van der Waals surface area contributed by atoms with E-state index in [0.717, 1.165) is 6.08 Å². The summed E-state index contributed by atoms with van der Waals surface area (Å²) in [6.45, 7) is 0. The Morgan fingerprint density at radius 2 is 1.95 bits per heavy atom. The van der Waals surface area contributed by atoms with Crippen LogP contribution < -0.4 is 4.74 Å². The van der Waals surface area contributed by atoms with E-state index in [2.05, 4.69) is 0 Å². The van der Waals surface area contributed by atoms with Crippen molar-refractivity contribution in [3.05, 3.63) is 64.9 Å². The lowest BCUT2D eigenvalue weighted by Gasteiger charge is -2.08. The van der Waals surface area contributed by atoms with Crippen LogP contribution in [0.5, 0.6) is 11.5 Å². The smallest absolute Gasteiger partial charge is 0.328 e. The van der Waals surface area contributed by atoms with E-state index >= 15 is 0 Å². The average molecular weight is 293 g/mol. The van der Waals surface area contributed by atoms with Gasteiger partial charge in [-0.25, -0.2) is 9.18 Å². The van der Waals surface area contributed by atoms with Gasteiger partial charge in [0.1, 0.15) is 5.75 Å². The van der Waals surface area contributed by atoms with Gasteiger partial charge in [-0.2, -0.15) is 0 Å². The maximum Gasteiger partial charge on any atom is 0.328 e. The molecule has 0 radical (unpaired) electrons. The standard InChI is InChI=1S/C15H10ClFO3/c16-11-9-10(6-8-15(18)19)5-7-13(11)20-14-4-2-1-3-12(14)17/h1-9H,(H,18,19)/b8-6+. The van der Waals surface area contributed by atoms with Crippen LogP contribution in [0.15, 0.2) is 48.5 Å². The van der Waals surface area contributed by atoms with Crippen LogP contribution in [-0.2, 0) is 4.79 Å². The second-order valence-corrected chi connectivity index (χ2v) is 4.30. The highest BCUT2D eigenvalue weighted by atomic mass is 35.5. The average Bonchev–Trinajstić information content (AvgIpc) is 2.41. The molecule has 0 unspecified atom stereocenters. The number of rotatable bonds is 4. The molecule has 0 bridgehead atoms. The molecule has 0 heterocycles. The van der Waals surface area contributed by atoms with Crippen molar-refractivity contribution in [2.45, 2.75) is 0 Å². The minimum Gasteiger partial charge on any atom is -0.478 e. The minimum atomic E-state index is -1.05. The lowest BCUT2D eigenvalue weighted by atomic mass is 10.2. The van der Waals surface area contributed by atoms with Gasteiger partial charge < -0.3 is 9.84 Å². The van der Waals surface area contributed by atoms with E-state index in [0.29, 0.717) is 11.3 Å². The SMILES string of the molecule is O=C(O)/C=C/c1ccc(Oc2ccccc2F)c(Cl)c1. The summed E-state index contributed by atoms with van der Waals surface area (Å²) < 4.78 is 18.8. The topological polar surface area (TPSA) is 46.5 Å². The third-order valence-electron chi connectivity index (χ3n) is 2.43. The van der Waals surface area contributed by atoms with Crippen LogP contribution in [0.3, 0.4) is 0 Å². The molecule has 0 aromatic heterocycles. The molecule has 2 aromatic carbocycles.